The van der Waals surface area contributed by atoms with Crippen LogP contribution < -0.4 is 10.2 Å². The molecule has 5 heteroatoms. The summed E-state index contributed by atoms with van der Waals surface area (Å²) < 4.78 is 0. The summed E-state index contributed by atoms with van der Waals surface area (Å²) >= 11 is 7.86. The topological polar surface area (TPSA) is 28.2 Å². The van der Waals surface area contributed by atoms with Gasteiger partial charge in [-0.25, -0.2) is 4.98 Å². The van der Waals surface area contributed by atoms with Crippen molar-refractivity contribution in [1.29, 1.82) is 0 Å². The first-order valence-electron chi connectivity index (χ1n) is 6.93. The van der Waals surface area contributed by atoms with E-state index in [-0.39, 0.29) is 5.41 Å². The maximum Gasteiger partial charge on any atom is 0.0981 e. The summed E-state index contributed by atoms with van der Waals surface area (Å²) in [5.74, 6) is 0. The number of hydrogen-bond acceptors (Lipinski definition) is 4. The van der Waals surface area contributed by atoms with E-state index >= 15 is 0 Å². The fraction of sp³-hybridized carbons (Fsp3) is 0.438. The van der Waals surface area contributed by atoms with E-state index in [0.717, 1.165) is 22.9 Å². The predicted molar refractivity (Wildman–Crippen MR) is 93.9 cm³/mol. The highest BCUT2D eigenvalue weighted by molar-refractivity contribution is 7.11. The average molecular weight is 324 g/mol. The van der Waals surface area contributed by atoms with Crippen molar-refractivity contribution in [3.05, 3.63) is 39.3 Å². The molecule has 0 fully saturated rings. The standard InChI is InChI=1S/C16H22ClN3S/c1-16(2,3)15-19-10-12(21-15)9-18-13-8-11(17)6-7-14(13)20(4)5/h6-8,10,18H,9H2,1-5H3. The monoisotopic (exact) mass is 323 g/mol. The number of anilines is 2. The van der Waals surface area contributed by atoms with E-state index < -0.39 is 0 Å². The van der Waals surface area contributed by atoms with Crippen molar-refractivity contribution in [3.63, 3.8) is 0 Å². The van der Waals surface area contributed by atoms with E-state index in [4.69, 9.17) is 11.6 Å². The van der Waals surface area contributed by atoms with Crippen LogP contribution in [-0.2, 0) is 12.0 Å². The lowest BCUT2D eigenvalue weighted by atomic mass is 9.98. The molecule has 114 valence electrons. The highest BCUT2D eigenvalue weighted by Crippen LogP contribution is 2.30. The molecule has 0 radical (unpaired) electrons. The molecule has 1 aromatic carbocycles. The summed E-state index contributed by atoms with van der Waals surface area (Å²) in [5, 5.41) is 5.36. The van der Waals surface area contributed by atoms with Gasteiger partial charge in [-0.3, -0.25) is 0 Å². The molecule has 0 aliphatic carbocycles. The SMILES string of the molecule is CN(C)c1ccc(Cl)cc1NCc1cnc(C(C)(C)C)s1. The fourth-order valence-electron chi connectivity index (χ4n) is 1.96. The largest absolute Gasteiger partial charge is 0.378 e. The van der Waals surface area contributed by atoms with Crippen molar-refractivity contribution in [2.24, 2.45) is 0 Å². The molecule has 0 unspecified atom stereocenters. The minimum absolute atomic E-state index is 0.105. The number of hydrogen-bond donors (Lipinski definition) is 1. The smallest absolute Gasteiger partial charge is 0.0981 e. The molecule has 0 spiro atoms. The van der Waals surface area contributed by atoms with Gasteiger partial charge in [0.2, 0.25) is 0 Å². The lowest BCUT2D eigenvalue weighted by Gasteiger charge is -2.18. The first-order chi connectivity index (χ1) is 9.77. The van der Waals surface area contributed by atoms with Gasteiger partial charge in [0.05, 0.1) is 22.9 Å². The van der Waals surface area contributed by atoms with Crippen LogP contribution in [-0.4, -0.2) is 19.1 Å². The van der Waals surface area contributed by atoms with Crippen LogP contribution >= 0.6 is 22.9 Å². The molecule has 0 saturated heterocycles. The van der Waals surface area contributed by atoms with Crippen LogP contribution in [0.4, 0.5) is 11.4 Å². The Morgan fingerprint density at radius 3 is 2.57 bits per heavy atom. The zero-order valence-electron chi connectivity index (χ0n) is 13.2. The Morgan fingerprint density at radius 1 is 1.29 bits per heavy atom. The van der Waals surface area contributed by atoms with Gasteiger partial charge >= 0.3 is 0 Å². The molecule has 0 aliphatic rings. The molecule has 3 nitrogen and oxygen atoms in total. The van der Waals surface area contributed by atoms with Crippen LogP contribution in [0, 0.1) is 0 Å². The molecular weight excluding hydrogens is 302 g/mol. The number of halogens is 1. The maximum atomic E-state index is 6.10. The van der Waals surface area contributed by atoms with E-state index in [1.54, 1.807) is 11.3 Å². The summed E-state index contributed by atoms with van der Waals surface area (Å²) in [7, 11) is 4.05. The number of benzene rings is 1. The maximum absolute atomic E-state index is 6.10. The Labute approximate surface area is 136 Å². The summed E-state index contributed by atoms with van der Waals surface area (Å²) in [5.41, 5.74) is 2.27. The number of nitrogens with zero attached hydrogens (tertiary/aromatic N) is 2. The van der Waals surface area contributed by atoms with E-state index in [0.29, 0.717) is 0 Å². The number of aromatic nitrogens is 1. The van der Waals surface area contributed by atoms with E-state index in [1.807, 2.05) is 38.5 Å². The molecule has 2 aromatic rings. The van der Waals surface area contributed by atoms with E-state index in [1.165, 1.54) is 9.88 Å². The zero-order valence-corrected chi connectivity index (χ0v) is 14.8. The van der Waals surface area contributed by atoms with Crippen molar-refractivity contribution >= 4 is 34.3 Å². The van der Waals surface area contributed by atoms with Crippen molar-refractivity contribution in [2.45, 2.75) is 32.7 Å². The van der Waals surface area contributed by atoms with Crippen LogP contribution in [0.1, 0.15) is 30.7 Å². The number of rotatable bonds is 4. The van der Waals surface area contributed by atoms with Crippen molar-refractivity contribution in [1.82, 2.24) is 4.98 Å². The van der Waals surface area contributed by atoms with Crippen LogP contribution in [0.5, 0.6) is 0 Å². The third-order valence-corrected chi connectivity index (χ3v) is 4.75. The fourth-order valence-corrected chi connectivity index (χ4v) is 3.04. The van der Waals surface area contributed by atoms with Crippen molar-refractivity contribution in [2.75, 3.05) is 24.3 Å². The minimum Gasteiger partial charge on any atom is -0.378 e. The third kappa shape index (κ3) is 4.11. The lowest BCUT2D eigenvalue weighted by molar-refractivity contribution is 0.585. The molecule has 0 atom stereocenters. The van der Waals surface area contributed by atoms with Gasteiger partial charge in [-0.1, -0.05) is 32.4 Å². The van der Waals surface area contributed by atoms with Gasteiger partial charge < -0.3 is 10.2 Å². The van der Waals surface area contributed by atoms with Gasteiger partial charge in [-0.2, -0.15) is 0 Å². The molecule has 0 bridgehead atoms. The summed E-state index contributed by atoms with van der Waals surface area (Å²) in [6, 6.07) is 5.90. The van der Waals surface area contributed by atoms with Crippen LogP contribution in [0.3, 0.4) is 0 Å². The van der Waals surface area contributed by atoms with Gasteiger partial charge in [0.25, 0.3) is 0 Å². The Hall–Kier alpha value is -1.26. The molecule has 2 rings (SSSR count). The van der Waals surface area contributed by atoms with Gasteiger partial charge in [0.15, 0.2) is 0 Å². The molecule has 0 saturated carbocycles. The second-order valence-corrected chi connectivity index (χ2v) is 7.84. The minimum atomic E-state index is 0.105. The molecule has 1 aromatic heterocycles. The summed E-state index contributed by atoms with van der Waals surface area (Å²) in [4.78, 5) is 7.82. The summed E-state index contributed by atoms with van der Waals surface area (Å²) in [6.45, 7) is 7.31. The average Bonchev–Trinajstić information content (AvgIpc) is 2.84. The van der Waals surface area contributed by atoms with Crippen LogP contribution in [0.25, 0.3) is 0 Å². The normalized spacial score (nSPS) is 11.5. The lowest BCUT2D eigenvalue weighted by Crippen LogP contribution is -2.12. The predicted octanol–water partition coefficient (Wildman–Crippen LogP) is 4.77. The molecular formula is C16H22ClN3S. The van der Waals surface area contributed by atoms with Crippen molar-refractivity contribution < 1.29 is 0 Å². The van der Waals surface area contributed by atoms with Gasteiger partial charge in [0.1, 0.15) is 0 Å². The second-order valence-electron chi connectivity index (χ2n) is 6.29. The molecule has 1 heterocycles. The number of thiazole rings is 1. The van der Waals surface area contributed by atoms with Crippen LogP contribution in [0.2, 0.25) is 5.02 Å². The highest BCUT2D eigenvalue weighted by atomic mass is 35.5. The van der Waals surface area contributed by atoms with Crippen LogP contribution in [0.15, 0.2) is 24.4 Å². The zero-order chi connectivity index (χ0) is 15.6. The Balaban J connectivity index is 2.13. The van der Waals surface area contributed by atoms with Gasteiger partial charge in [-0.15, -0.1) is 11.3 Å². The van der Waals surface area contributed by atoms with Gasteiger partial charge in [0, 0.05) is 35.6 Å². The van der Waals surface area contributed by atoms with E-state index in [2.05, 4.69) is 36.0 Å². The molecule has 21 heavy (non-hydrogen) atoms. The summed E-state index contributed by atoms with van der Waals surface area (Å²) in [6.07, 6.45) is 1.96. The Bertz CT molecular complexity index is 614. The molecule has 1 N–H and O–H groups in total. The molecule has 0 amide bonds. The van der Waals surface area contributed by atoms with Gasteiger partial charge in [-0.05, 0) is 18.2 Å². The number of nitrogens with one attached hydrogen (secondary N) is 1. The Kier molecular flexibility index (Phi) is 4.79. The quantitative estimate of drug-likeness (QED) is 0.878. The Morgan fingerprint density at radius 2 is 2.00 bits per heavy atom. The second kappa shape index (κ2) is 6.24. The first-order valence-corrected chi connectivity index (χ1v) is 8.13. The molecule has 0 aliphatic heterocycles. The third-order valence-electron chi connectivity index (χ3n) is 3.09. The first kappa shape index (κ1) is 16.1. The van der Waals surface area contributed by atoms with Crippen molar-refractivity contribution in [3.8, 4) is 0 Å². The van der Waals surface area contributed by atoms with E-state index in [9.17, 15) is 0 Å². The highest BCUT2D eigenvalue weighted by Gasteiger charge is 2.18.